The molecule has 10 heteroatoms. The molecule has 4 aliphatic rings. The van der Waals surface area contributed by atoms with Gasteiger partial charge in [0.05, 0.1) is 17.2 Å². The van der Waals surface area contributed by atoms with Gasteiger partial charge in [-0.1, -0.05) is 23.8 Å². The number of urea groups is 1. The fourth-order valence-corrected chi connectivity index (χ4v) is 6.61. The summed E-state index contributed by atoms with van der Waals surface area (Å²) in [6.07, 6.45) is 2.18. The van der Waals surface area contributed by atoms with Crippen LogP contribution in [0.1, 0.15) is 48.8 Å². The van der Waals surface area contributed by atoms with E-state index < -0.39 is 23.6 Å². The highest BCUT2D eigenvalue weighted by atomic mass is 19.4. The second-order valence-electron chi connectivity index (χ2n) is 12.1. The third-order valence-electron chi connectivity index (χ3n) is 9.30. The van der Waals surface area contributed by atoms with Crippen LogP contribution in [0.2, 0.25) is 0 Å². The van der Waals surface area contributed by atoms with Crippen molar-refractivity contribution in [3.63, 3.8) is 0 Å². The van der Waals surface area contributed by atoms with Gasteiger partial charge in [0.15, 0.2) is 0 Å². The number of hydrogen-bond acceptors (Lipinski definition) is 4. The number of nitriles is 1. The lowest BCUT2D eigenvalue weighted by Gasteiger charge is -2.39. The van der Waals surface area contributed by atoms with Gasteiger partial charge in [-0.05, 0) is 73.9 Å². The maximum atomic E-state index is 13.9. The number of halogens is 4. The van der Waals surface area contributed by atoms with Crippen LogP contribution in [0, 0.1) is 23.1 Å². The molecule has 0 spiro atoms. The van der Waals surface area contributed by atoms with E-state index in [1.54, 1.807) is 11.0 Å². The molecule has 6 rings (SSSR count). The Morgan fingerprint density at radius 2 is 1.83 bits per heavy atom. The summed E-state index contributed by atoms with van der Waals surface area (Å²) in [4.78, 5) is 20.2. The van der Waals surface area contributed by atoms with Gasteiger partial charge in [-0.25, -0.2) is 9.18 Å². The zero-order chi connectivity index (χ0) is 29.5. The number of fused-ring (bicyclic) bond motifs is 1. The van der Waals surface area contributed by atoms with Crippen molar-refractivity contribution in [3.8, 4) is 6.07 Å². The van der Waals surface area contributed by atoms with Gasteiger partial charge in [0, 0.05) is 63.0 Å². The summed E-state index contributed by atoms with van der Waals surface area (Å²) in [6, 6.07) is 11.8. The van der Waals surface area contributed by atoms with Crippen molar-refractivity contribution in [2.45, 2.75) is 49.7 Å². The number of anilines is 1. The van der Waals surface area contributed by atoms with Crippen molar-refractivity contribution >= 4 is 11.7 Å². The van der Waals surface area contributed by atoms with E-state index in [0.29, 0.717) is 31.1 Å². The Kier molecular flexibility index (Phi) is 7.75. The number of nitrogens with zero attached hydrogens (tertiary/aromatic N) is 4. The van der Waals surface area contributed by atoms with Crippen LogP contribution < -0.4 is 5.32 Å². The molecular weight excluding hydrogens is 546 g/mol. The first-order valence-electron chi connectivity index (χ1n) is 14.8. The number of rotatable bonds is 8. The van der Waals surface area contributed by atoms with Crippen LogP contribution in [0.25, 0.3) is 0 Å². The number of allylic oxidation sites excluding steroid dienone is 1. The summed E-state index contributed by atoms with van der Waals surface area (Å²) >= 11 is 0. The average Bonchev–Trinajstić information content (AvgIpc) is 3.90. The number of carbonyl (C=O) groups is 1. The summed E-state index contributed by atoms with van der Waals surface area (Å²) in [5.41, 5.74) is 1.25. The fourth-order valence-electron chi connectivity index (χ4n) is 6.61. The van der Waals surface area contributed by atoms with Crippen molar-refractivity contribution < 1.29 is 22.4 Å². The van der Waals surface area contributed by atoms with Crippen LogP contribution in [0.4, 0.5) is 28.0 Å². The molecule has 2 amide bonds. The zero-order valence-electron chi connectivity index (χ0n) is 23.5. The number of nitrogens with one attached hydrogen (secondary N) is 1. The third-order valence-corrected chi connectivity index (χ3v) is 9.30. The molecule has 2 aromatic rings. The standard InChI is InChI=1S/C32H35F4N5O/c33-29-7-6-26(18-28(29)32(34,35)36)38-30(42)41(15-14-39-10-12-40(13-11-39)21-22-4-5-22)27-8-9-31(19-25(31)17-27)24-3-1-2-23(16-24)20-37/h1-3,6-7,16,18-19,22,27H,4-5,8-15,17,21H2,(H,38,42)/t27-,31-/m1/s1. The van der Waals surface area contributed by atoms with Gasteiger partial charge < -0.3 is 15.1 Å². The molecule has 42 heavy (non-hydrogen) atoms. The topological polar surface area (TPSA) is 62.6 Å². The van der Waals surface area contributed by atoms with Gasteiger partial charge in [-0.15, -0.1) is 0 Å². The highest BCUT2D eigenvalue weighted by Gasteiger charge is 2.50. The van der Waals surface area contributed by atoms with Gasteiger partial charge in [-0.2, -0.15) is 18.4 Å². The molecular formula is C32H35F4N5O. The second kappa shape index (κ2) is 11.3. The van der Waals surface area contributed by atoms with E-state index in [-0.39, 0.29) is 17.1 Å². The Labute approximate surface area is 243 Å². The number of carbonyl (C=O) groups excluding carboxylic acids is 1. The first kappa shape index (κ1) is 28.7. The molecule has 1 saturated heterocycles. The largest absolute Gasteiger partial charge is 0.419 e. The van der Waals surface area contributed by atoms with Crippen molar-refractivity contribution in [1.29, 1.82) is 5.26 Å². The molecule has 2 saturated carbocycles. The molecule has 2 atom stereocenters. The summed E-state index contributed by atoms with van der Waals surface area (Å²) in [5, 5.41) is 12.0. The minimum absolute atomic E-state index is 0.0865. The Morgan fingerprint density at radius 1 is 1.07 bits per heavy atom. The average molecular weight is 582 g/mol. The van der Waals surface area contributed by atoms with E-state index in [4.69, 9.17) is 0 Å². The van der Waals surface area contributed by atoms with E-state index in [1.165, 1.54) is 18.4 Å². The van der Waals surface area contributed by atoms with Gasteiger partial charge in [0.25, 0.3) is 0 Å². The molecule has 2 aromatic carbocycles. The zero-order valence-corrected chi connectivity index (χ0v) is 23.5. The molecule has 3 aliphatic carbocycles. The second-order valence-corrected chi connectivity index (χ2v) is 12.1. The first-order chi connectivity index (χ1) is 20.1. The van der Waals surface area contributed by atoms with Crippen LogP contribution in [-0.4, -0.2) is 72.6 Å². The smallest absolute Gasteiger partial charge is 0.320 e. The minimum atomic E-state index is -4.86. The molecule has 0 bridgehead atoms. The summed E-state index contributed by atoms with van der Waals surface area (Å²) in [5.74, 6) is -0.527. The molecule has 1 aliphatic heterocycles. The summed E-state index contributed by atoms with van der Waals surface area (Å²) in [7, 11) is 0. The Balaban J connectivity index is 1.14. The van der Waals surface area contributed by atoms with E-state index in [1.807, 2.05) is 18.2 Å². The van der Waals surface area contributed by atoms with Crippen LogP contribution in [0.5, 0.6) is 0 Å². The van der Waals surface area contributed by atoms with Gasteiger partial charge in [0.2, 0.25) is 0 Å². The molecule has 0 aromatic heterocycles. The Hall–Kier alpha value is -3.42. The highest BCUT2D eigenvalue weighted by Crippen LogP contribution is 2.56. The van der Waals surface area contributed by atoms with Gasteiger partial charge in [0.1, 0.15) is 5.82 Å². The SMILES string of the molecule is N#Cc1cccc([C@@]23C=C2C[C@H](N(CCN2CCN(CC4CC4)CC2)C(=O)Nc2ccc(F)c(C(F)(F)F)c2)CC3)c1. The molecule has 1 heterocycles. The summed E-state index contributed by atoms with van der Waals surface area (Å²) in [6.45, 7) is 6.12. The lowest BCUT2D eigenvalue weighted by Crippen LogP contribution is -2.52. The quantitative estimate of drug-likeness (QED) is 0.307. The van der Waals surface area contributed by atoms with Crippen molar-refractivity contribution in [2.24, 2.45) is 5.92 Å². The molecule has 0 radical (unpaired) electrons. The third kappa shape index (κ3) is 6.18. The molecule has 3 fully saturated rings. The minimum Gasteiger partial charge on any atom is -0.320 e. The first-order valence-corrected chi connectivity index (χ1v) is 14.8. The number of alkyl halides is 3. The number of amides is 2. The lowest BCUT2D eigenvalue weighted by molar-refractivity contribution is -0.139. The molecule has 6 nitrogen and oxygen atoms in total. The Bertz CT molecular complexity index is 1410. The normalized spacial score (nSPS) is 24.4. The number of hydrogen-bond donors (Lipinski definition) is 1. The van der Waals surface area contributed by atoms with Crippen LogP contribution in [0.15, 0.2) is 54.1 Å². The molecule has 1 N–H and O–H groups in total. The van der Waals surface area contributed by atoms with Crippen molar-refractivity contribution in [2.75, 3.05) is 51.1 Å². The lowest BCUT2D eigenvalue weighted by atomic mass is 9.78. The number of benzene rings is 2. The van der Waals surface area contributed by atoms with Crippen molar-refractivity contribution in [1.82, 2.24) is 14.7 Å². The van der Waals surface area contributed by atoms with Crippen LogP contribution >= 0.6 is 0 Å². The van der Waals surface area contributed by atoms with Crippen LogP contribution in [0.3, 0.4) is 0 Å². The predicted octanol–water partition coefficient (Wildman–Crippen LogP) is 6.01. The monoisotopic (exact) mass is 581 g/mol. The maximum Gasteiger partial charge on any atom is 0.419 e. The van der Waals surface area contributed by atoms with Crippen molar-refractivity contribution in [3.05, 3.63) is 76.6 Å². The number of piperazine rings is 1. The van der Waals surface area contributed by atoms with E-state index in [9.17, 15) is 27.6 Å². The molecule has 222 valence electrons. The maximum absolute atomic E-state index is 13.9. The van der Waals surface area contributed by atoms with Gasteiger partial charge in [-0.3, -0.25) is 4.90 Å². The van der Waals surface area contributed by atoms with E-state index in [0.717, 1.165) is 69.2 Å². The summed E-state index contributed by atoms with van der Waals surface area (Å²) < 4.78 is 53.8. The van der Waals surface area contributed by atoms with Crippen LogP contribution in [-0.2, 0) is 11.6 Å². The fraction of sp³-hybridized carbons (Fsp3) is 0.500. The Morgan fingerprint density at radius 3 is 2.52 bits per heavy atom. The van der Waals surface area contributed by atoms with E-state index >= 15 is 0 Å². The van der Waals surface area contributed by atoms with Gasteiger partial charge >= 0.3 is 12.2 Å². The predicted molar refractivity (Wildman–Crippen MR) is 151 cm³/mol. The van der Waals surface area contributed by atoms with E-state index in [2.05, 4.69) is 27.3 Å². The highest BCUT2D eigenvalue weighted by molar-refractivity contribution is 5.89. The molecule has 0 unspecified atom stereocenters.